The number of carbonyl (C=O) groups is 4. The van der Waals surface area contributed by atoms with E-state index in [1.54, 1.807) is 38.6 Å². The molecule has 1 heterocycles. The molecule has 0 radical (unpaired) electrons. The highest BCUT2D eigenvalue weighted by atomic mass is 16.6. The van der Waals surface area contributed by atoms with Gasteiger partial charge in [0.25, 0.3) is 5.91 Å². The first-order valence-electron chi connectivity index (χ1n) is 11.4. The lowest BCUT2D eigenvalue weighted by Gasteiger charge is -2.19. The second-order valence-corrected chi connectivity index (χ2v) is 8.97. The normalized spacial score (nSPS) is 10.9. The van der Waals surface area contributed by atoms with Crippen molar-refractivity contribution in [3.8, 4) is 0 Å². The Balaban J connectivity index is 1.74. The summed E-state index contributed by atoms with van der Waals surface area (Å²) in [6, 6.07) is 8.78. The maximum absolute atomic E-state index is 12.4. The van der Waals surface area contributed by atoms with Crippen LogP contribution in [0.4, 0.5) is 10.5 Å². The van der Waals surface area contributed by atoms with Gasteiger partial charge in [-0.1, -0.05) is 24.3 Å². The van der Waals surface area contributed by atoms with E-state index < -0.39 is 17.7 Å². The van der Waals surface area contributed by atoms with Gasteiger partial charge in [-0.15, -0.1) is 0 Å². The SMILES string of the molecule is CCNC(=O)Cc1ccc(COC(=O)CCNC(=O)c2cc(NC(=O)OC(C)(C)C)cn2C)cc1. The zero-order chi connectivity index (χ0) is 26.0. The van der Waals surface area contributed by atoms with E-state index in [0.717, 1.165) is 11.1 Å². The summed E-state index contributed by atoms with van der Waals surface area (Å²) >= 11 is 0. The predicted octanol–water partition coefficient (Wildman–Crippen LogP) is 2.91. The standard InChI is InChI=1S/C25H34N4O6/c1-6-26-21(30)13-17-7-9-18(10-8-17)16-34-22(31)11-12-27-23(32)20-14-19(15-29(20)5)28-24(33)35-25(2,3)4/h7-10,14-15H,6,11-13,16H2,1-5H3,(H,26,30)(H,27,32)(H,28,33). The molecule has 3 N–H and O–H groups in total. The van der Waals surface area contributed by atoms with E-state index in [1.165, 1.54) is 6.07 Å². The number of hydrogen-bond donors (Lipinski definition) is 3. The summed E-state index contributed by atoms with van der Waals surface area (Å²) in [6.07, 6.45) is 1.28. The van der Waals surface area contributed by atoms with Gasteiger partial charge in [-0.25, -0.2) is 4.79 Å². The molecular formula is C25H34N4O6. The molecule has 0 fully saturated rings. The Kier molecular flexibility index (Phi) is 9.86. The Morgan fingerprint density at radius 1 is 1.00 bits per heavy atom. The van der Waals surface area contributed by atoms with E-state index in [-0.39, 0.29) is 31.4 Å². The molecule has 10 nitrogen and oxygen atoms in total. The number of benzene rings is 1. The second kappa shape index (κ2) is 12.6. The smallest absolute Gasteiger partial charge is 0.412 e. The van der Waals surface area contributed by atoms with Gasteiger partial charge in [0.1, 0.15) is 17.9 Å². The molecule has 0 saturated carbocycles. The van der Waals surface area contributed by atoms with Gasteiger partial charge in [-0.2, -0.15) is 0 Å². The van der Waals surface area contributed by atoms with Crippen molar-refractivity contribution in [2.24, 2.45) is 7.05 Å². The van der Waals surface area contributed by atoms with Crippen molar-refractivity contribution in [3.63, 3.8) is 0 Å². The number of esters is 1. The van der Waals surface area contributed by atoms with Crippen molar-refractivity contribution >= 4 is 29.6 Å². The molecule has 0 aliphatic rings. The minimum atomic E-state index is -0.635. The summed E-state index contributed by atoms with van der Waals surface area (Å²) in [5.41, 5.74) is 1.78. The number of carbonyl (C=O) groups excluding carboxylic acids is 4. The number of amides is 3. The van der Waals surface area contributed by atoms with E-state index in [4.69, 9.17) is 9.47 Å². The molecular weight excluding hydrogens is 452 g/mol. The fourth-order valence-corrected chi connectivity index (χ4v) is 3.08. The molecule has 0 aliphatic carbocycles. The van der Waals surface area contributed by atoms with Crippen LogP contribution in [0.5, 0.6) is 0 Å². The third-order valence-corrected chi connectivity index (χ3v) is 4.66. The third kappa shape index (κ3) is 9.91. The maximum atomic E-state index is 12.4. The van der Waals surface area contributed by atoms with Crippen LogP contribution in [0.25, 0.3) is 0 Å². The summed E-state index contributed by atoms with van der Waals surface area (Å²) in [5.74, 6) is -0.879. The first-order chi connectivity index (χ1) is 16.5. The number of nitrogens with one attached hydrogen (secondary N) is 3. The number of ether oxygens (including phenoxy) is 2. The van der Waals surface area contributed by atoms with Gasteiger partial charge in [0.05, 0.1) is 18.5 Å². The third-order valence-electron chi connectivity index (χ3n) is 4.66. The Morgan fingerprint density at radius 2 is 1.66 bits per heavy atom. The van der Waals surface area contributed by atoms with Gasteiger partial charge in [0.15, 0.2) is 0 Å². The minimum Gasteiger partial charge on any atom is -0.461 e. The molecule has 0 unspecified atom stereocenters. The first-order valence-corrected chi connectivity index (χ1v) is 11.4. The quantitative estimate of drug-likeness (QED) is 0.443. The monoisotopic (exact) mass is 486 g/mol. The Labute approximate surface area is 205 Å². The fourth-order valence-electron chi connectivity index (χ4n) is 3.08. The van der Waals surface area contributed by atoms with Gasteiger partial charge in [-0.05, 0) is 44.9 Å². The first kappa shape index (κ1) is 27.4. The van der Waals surface area contributed by atoms with Gasteiger partial charge in [-0.3, -0.25) is 19.7 Å². The van der Waals surface area contributed by atoms with Crippen molar-refractivity contribution in [1.29, 1.82) is 0 Å². The zero-order valence-corrected chi connectivity index (χ0v) is 20.9. The molecule has 0 aliphatic heterocycles. The highest BCUT2D eigenvalue weighted by Crippen LogP contribution is 2.15. The number of hydrogen-bond acceptors (Lipinski definition) is 6. The molecule has 0 atom stereocenters. The van der Waals surface area contributed by atoms with Crippen molar-refractivity contribution in [2.75, 3.05) is 18.4 Å². The van der Waals surface area contributed by atoms with Gasteiger partial charge >= 0.3 is 12.1 Å². The van der Waals surface area contributed by atoms with Crippen LogP contribution in [0.2, 0.25) is 0 Å². The van der Waals surface area contributed by atoms with E-state index in [1.807, 2.05) is 31.2 Å². The van der Waals surface area contributed by atoms with Crippen LogP contribution < -0.4 is 16.0 Å². The van der Waals surface area contributed by atoms with Gasteiger partial charge in [0, 0.05) is 26.3 Å². The molecule has 10 heteroatoms. The predicted molar refractivity (Wildman–Crippen MR) is 131 cm³/mol. The average molecular weight is 487 g/mol. The van der Waals surface area contributed by atoms with Crippen molar-refractivity contribution in [2.45, 2.75) is 52.7 Å². The molecule has 0 spiro atoms. The van der Waals surface area contributed by atoms with Crippen LogP contribution in [0, 0.1) is 0 Å². The summed E-state index contributed by atoms with van der Waals surface area (Å²) in [6.45, 7) is 7.93. The minimum absolute atomic E-state index is 0.00838. The number of aromatic nitrogens is 1. The molecule has 35 heavy (non-hydrogen) atoms. The van der Waals surface area contributed by atoms with Crippen LogP contribution in [-0.4, -0.2) is 47.1 Å². The number of rotatable bonds is 10. The highest BCUT2D eigenvalue weighted by molar-refractivity contribution is 5.95. The van der Waals surface area contributed by atoms with E-state index in [0.29, 0.717) is 24.3 Å². The summed E-state index contributed by atoms with van der Waals surface area (Å²) in [4.78, 5) is 48.0. The summed E-state index contributed by atoms with van der Waals surface area (Å²) < 4.78 is 12.0. The molecule has 2 rings (SSSR count). The van der Waals surface area contributed by atoms with Crippen LogP contribution in [0.3, 0.4) is 0 Å². The largest absolute Gasteiger partial charge is 0.461 e. The molecule has 0 bridgehead atoms. The number of likely N-dealkylation sites (N-methyl/N-ethyl adjacent to an activating group) is 1. The number of nitrogens with zero attached hydrogens (tertiary/aromatic N) is 1. The van der Waals surface area contributed by atoms with Crippen LogP contribution in [-0.2, 0) is 39.1 Å². The lowest BCUT2D eigenvalue weighted by atomic mass is 10.1. The summed E-state index contributed by atoms with van der Waals surface area (Å²) in [5, 5.41) is 7.99. The number of anilines is 1. The molecule has 190 valence electrons. The lowest BCUT2D eigenvalue weighted by Crippen LogP contribution is -2.28. The second-order valence-electron chi connectivity index (χ2n) is 8.97. The lowest BCUT2D eigenvalue weighted by molar-refractivity contribution is -0.144. The molecule has 0 saturated heterocycles. The highest BCUT2D eigenvalue weighted by Gasteiger charge is 2.18. The molecule has 2 aromatic rings. The van der Waals surface area contributed by atoms with E-state index >= 15 is 0 Å². The van der Waals surface area contributed by atoms with Crippen molar-refractivity contribution in [3.05, 3.63) is 53.3 Å². The van der Waals surface area contributed by atoms with E-state index in [9.17, 15) is 19.2 Å². The van der Waals surface area contributed by atoms with E-state index in [2.05, 4.69) is 16.0 Å². The van der Waals surface area contributed by atoms with Crippen LogP contribution in [0.1, 0.15) is 55.7 Å². The maximum Gasteiger partial charge on any atom is 0.412 e. The average Bonchev–Trinajstić information content (AvgIpc) is 3.11. The Bertz CT molecular complexity index is 1040. The fraction of sp³-hybridized carbons (Fsp3) is 0.440. The van der Waals surface area contributed by atoms with Crippen molar-refractivity contribution in [1.82, 2.24) is 15.2 Å². The Hall–Kier alpha value is -3.82. The molecule has 1 aromatic heterocycles. The zero-order valence-electron chi connectivity index (χ0n) is 20.9. The number of aryl methyl sites for hydroxylation is 1. The molecule has 1 aromatic carbocycles. The van der Waals surface area contributed by atoms with Crippen molar-refractivity contribution < 1.29 is 28.7 Å². The van der Waals surface area contributed by atoms with Crippen LogP contribution in [0.15, 0.2) is 36.5 Å². The topological polar surface area (TPSA) is 128 Å². The van der Waals surface area contributed by atoms with Gasteiger partial charge < -0.3 is 24.7 Å². The van der Waals surface area contributed by atoms with Gasteiger partial charge in [0.2, 0.25) is 5.91 Å². The Morgan fingerprint density at radius 3 is 2.29 bits per heavy atom. The molecule has 3 amide bonds. The summed E-state index contributed by atoms with van der Waals surface area (Å²) in [7, 11) is 1.67. The van der Waals surface area contributed by atoms with Crippen LogP contribution >= 0.6 is 0 Å².